The summed E-state index contributed by atoms with van der Waals surface area (Å²) in [6.07, 6.45) is -3.76. The minimum absolute atomic E-state index is 0.00215. The van der Waals surface area contributed by atoms with Crippen molar-refractivity contribution in [2.24, 2.45) is 5.92 Å². The molecule has 0 aromatic heterocycles. The molecule has 0 bridgehead atoms. The highest BCUT2D eigenvalue weighted by molar-refractivity contribution is 5.96. The molecule has 3 aromatic carbocycles. The van der Waals surface area contributed by atoms with Crippen LogP contribution in [0, 0.1) is 25.6 Å². The van der Waals surface area contributed by atoms with Gasteiger partial charge in [-0.3, -0.25) is 10.1 Å². The Morgan fingerprint density at radius 2 is 1.63 bits per heavy atom. The number of likely N-dealkylation sites (tertiary alicyclic amines) is 1. The first-order valence-electron chi connectivity index (χ1n) is 14.2. The second kappa shape index (κ2) is 12.7. The Labute approximate surface area is 249 Å². The lowest BCUT2D eigenvalue weighted by atomic mass is 9.83. The predicted octanol–water partition coefficient (Wildman–Crippen LogP) is 8.51. The molecule has 1 aliphatic heterocycles. The Morgan fingerprint density at radius 1 is 0.953 bits per heavy atom. The van der Waals surface area contributed by atoms with Crippen LogP contribution in [0.3, 0.4) is 0 Å². The van der Waals surface area contributed by atoms with E-state index >= 15 is 0 Å². The highest BCUT2D eigenvalue weighted by Crippen LogP contribution is 2.39. The number of nitrogens with zero attached hydrogens (tertiary/aromatic N) is 1. The number of carbonyl (C=O) groups excluding carboxylic acids is 2. The zero-order chi connectivity index (χ0) is 31.5. The maximum atomic E-state index is 14.9. The van der Waals surface area contributed by atoms with Gasteiger partial charge in [-0.2, -0.15) is 13.2 Å². The van der Waals surface area contributed by atoms with Gasteiger partial charge in [0.15, 0.2) is 0 Å². The van der Waals surface area contributed by atoms with Gasteiger partial charge in [0.2, 0.25) is 0 Å². The number of aryl methyl sites for hydroxylation is 2. The largest absolute Gasteiger partial charge is 0.444 e. The van der Waals surface area contributed by atoms with Crippen LogP contribution >= 0.6 is 0 Å². The standard InChI is InChI=1S/C33H37F4N3O3/c1-20-11-14-25(18-26(20)33(35,36)37)38-19-23-9-7-17-40(30(41)28-21(2)8-6-10-27(28)34)29(23)22-12-15-24(16-13-22)39-31(42)43-32(3,4)5/h6,8,10-16,18,23,29,38H,7,9,17,19H2,1-5H3,(H,39,42). The number of halogens is 4. The Kier molecular flexibility index (Phi) is 9.37. The van der Waals surface area contributed by atoms with E-state index in [0.29, 0.717) is 36.3 Å². The fraction of sp³-hybridized carbons (Fsp3) is 0.394. The average molecular weight is 600 g/mol. The van der Waals surface area contributed by atoms with E-state index in [0.717, 1.165) is 11.6 Å². The summed E-state index contributed by atoms with van der Waals surface area (Å²) in [7, 11) is 0. The van der Waals surface area contributed by atoms with E-state index in [-0.39, 0.29) is 23.6 Å². The van der Waals surface area contributed by atoms with Crippen LogP contribution < -0.4 is 10.6 Å². The Morgan fingerprint density at radius 3 is 2.26 bits per heavy atom. The molecule has 1 heterocycles. The number of benzene rings is 3. The fourth-order valence-electron chi connectivity index (χ4n) is 5.49. The van der Waals surface area contributed by atoms with Crippen molar-refractivity contribution in [3.05, 3.63) is 94.3 Å². The van der Waals surface area contributed by atoms with Crippen molar-refractivity contribution in [3.63, 3.8) is 0 Å². The third-order valence-corrected chi connectivity index (χ3v) is 7.46. The Bertz CT molecular complexity index is 1450. The van der Waals surface area contributed by atoms with E-state index in [1.54, 1.807) is 75.1 Å². The summed E-state index contributed by atoms with van der Waals surface area (Å²) in [6.45, 7) is 9.04. The van der Waals surface area contributed by atoms with Gasteiger partial charge in [-0.15, -0.1) is 0 Å². The van der Waals surface area contributed by atoms with E-state index in [4.69, 9.17) is 4.74 Å². The number of piperidine rings is 1. The van der Waals surface area contributed by atoms with Crippen LogP contribution in [0.1, 0.15) is 72.3 Å². The molecule has 2 N–H and O–H groups in total. The van der Waals surface area contributed by atoms with Crippen LogP contribution in [-0.4, -0.2) is 35.6 Å². The summed E-state index contributed by atoms with van der Waals surface area (Å²) in [5.41, 5.74) is 0.827. The maximum absolute atomic E-state index is 14.9. The molecule has 4 rings (SSSR count). The van der Waals surface area contributed by atoms with Gasteiger partial charge in [-0.1, -0.05) is 30.3 Å². The molecule has 43 heavy (non-hydrogen) atoms. The van der Waals surface area contributed by atoms with Crippen LogP contribution in [0.15, 0.2) is 60.7 Å². The molecule has 0 aliphatic carbocycles. The van der Waals surface area contributed by atoms with Crippen LogP contribution in [0.25, 0.3) is 0 Å². The molecule has 2 amide bonds. The van der Waals surface area contributed by atoms with Gasteiger partial charge in [0.25, 0.3) is 5.91 Å². The number of hydrogen-bond acceptors (Lipinski definition) is 4. The van der Waals surface area contributed by atoms with E-state index in [9.17, 15) is 27.2 Å². The number of hydrogen-bond donors (Lipinski definition) is 2. The summed E-state index contributed by atoms with van der Waals surface area (Å²) in [4.78, 5) is 27.8. The van der Waals surface area contributed by atoms with E-state index < -0.39 is 41.2 Å². The van der Waals surface area contributed by atoms with Gasteiger partial charge in [0, 0.05) is 30.4 Å². The molecule has 1 aliphatic rings. The van der Waals surface area contributed by atoms with Gasteiger partial charge < -0.3 is 15.0 Å². The molecule has 2 unspecified atom stereocenters. The smallest absolute Gasteiger partial charge is 0.416 e. The number of amides is 2. The van der Waals surface area contributed by atoms with Gasteiger partial charge in [-0.05, 0) is 94.5 Å². The van der Waals surface area contributed by atoms with Crippen molar-refractivity contribution in [3.8, 4) is 0 Å². The van der Waals surface area contributed by atoms with Crippen molar-refractivity contribution < 1.29 is 31.9 Å². The molecule has 3 aromatic rings. The molecule has 0 spiro atoms. The van der Waals surface area contributed by atoms with E-state index in [1.165, 1.54) is 19.1 Å². The van der Waals surface area contributed by atoms with E-state index in [2.05, 4.69) is 10.6 Å². The molecule has 6 nitrogen and oxygen atoms in total. The summed E-state index contributed by atoms with van der Waals surface area (Å²) < 4.78 is 60.8. The Hall–Kier alpha value is -4.08. The van der Waals surface area contributed by atoms with Gasteiger partial charge in [-0.25, -0.2) is 9.18 Å². The lowest BCUT2D eigenvalue weighted by molar-refractivity contribution is -0.138. The van der Waals surface area contributed by atoms with Crippen LogP contribution in [0.4, 0.5) is 33.7 Å². The zero-order valence-electron chi connectivity index (χ0n) is 24.9. The molecule has 0 saturated carbocycles. The van der Waals surface area contributed by atoms with Crippen molar-refractivity contribution in [1.82, 2.24) is 4.90 Å². The van der Waals surface area contributed by atoms with Crippen LogP contribution in [0.5, 0.6) is 0 Å². The molecular formula is C33H37F4N3O3. The number of alkyl halides is 3. The maximum Gasteiger partial charge on any atom is 0.416 e. The average Bonchev–Trinajstić information content (AvgIpc) is 2.91. The molecule has 2 atom stereocenters. The number of carbonyl (C=O) groups is 2. The lowest BCUT2D eigenvalue weighted by Gasteiger charge is -2.42. The number of ether oxygens (including phenoxy) is 1. The van der Waals surface area contributed by atoms with Crippen molar-refractivity contribution >= 4 is 23.4 Å². The fourth-order valence-corrected chi connectivity index (χ4v) is 5.49. The summed E-state index contributed by atoms with van der Waals surface area (Å²) in [5, 5.41) is 5.84. The first-order chi connectivity index (χ1) is 20.1. The van der Waals surface area contributed by atoms with Gasteiger partial charge in [0.05, 0.1) is 17.2 Å². The highest BCUT2D eigenvalue weighted by Gasteiger charge is 2.37. The summed E-state index contributed by atoms with van der Waals surface area (Å²) in [6, 6.07) is 15.1. The lowest BCUT2D eigenvalue weighted by Crippen LogP contribution is -2.45. The minimum Gasteiger partial charge on any atom is -0.444 e. The third-order valence-electron chi connectivity index (χ3n) is 7.46. The van der Waals surface area contributed by atoms with Crippen LogP contribution in [-0.2, 0) is 10.9 Å². The molecule has 1 fully saturated rings. The third kappa shape index (κ3) is 7.86. The minimum atomic E-state index is -4.48. The number of anilines is 2. The van der Waals surface area contributed by atoms with Gasteiger partial charge in [0.1, 0.15) is 11.4 Å². The monoisotopic (exact) mass is 599 g/mol. The van der Waals surface area contributed by atoms with Gasteiger partial charge >= 0.3 is 12.3 Å². The normalized spacial score (nSPS) is 17.4. The molecule has 0 radical (unpaired) electrons. The number of rotatable bonds is 6. The molecule has 1 saturated heterocycles. The quantitative estimate of drug-likeness (QED) is 0.279. The second-order valence-corrected chi connectivity index (χ2v) is 11.9. The van der Waals surface area contributed by atoms with Crippen molar-refractivity contribution in [2.75, 3.05) is 23.7 Å². The van der Waals surface area contributed by atoms with Crippen molar-refractivity contribution in [2.45, 2.75) is 65.3 Å². The first-order valence-corrected chi connectivity index (χ1v) is 14.2. The predicted molar refractivity (Wildman–Crippen MR) is 159 cm³/mol. The second-order valence-electron chi connectivity index (χ2n) is 11.9. The summed E-state index contributed by atoms with van der Waals surface area (Å²) >= 11 is 0. The highest BCUT2D eigenvalue weighted by atomic mass is 19.4. The van der Waals surface area contributed by atoms with Crippen LogP contribution in [0.2, 0.25) is 0 Å². The zero-order valence-corrected chi connectivity index (χ0v) is 24.9. The molecule has 10 heteroatoms. The van der Waals surface area contributed by atoms with E-state index in [1.807, 2.05) is 0 Å². The topological polar surface area (TPSA) is 70.7 Å². The molecule has 230 valence electrons. The first kappa shape index (κ1) is 31.8. The molecular weight excluding hydrogens is 562 g/mol. The van der Waals surface area contributed by atoms with Crippen molar-refractivity contribution in [1.29, 1.82) is 0 Å². The Balaban J connectivity index is 1.64. The number of nitrogens with one attached hydrogen (secondary N) is 2. The summed E-state index contributed by atoms with van der Waals surface area (Å²) in [5.74, 6) is -1.26. The SMILES string of the molecule is Cc1ccc(NCC2CCCN(C(=O)c3c(C)cccc3F)C2c2ccc(NC(=O)OC(C)(C)C)cc2)cc1C(F)(F)F.